The van der Waals surface area contributed by atoms with Gasteiger partial charge in [0.05, 0.1) is 18.2 Å². The zero-order chi connectivity index (χ0) is 18.0. The molecule has 0 spiro atoms. The minimum Gasteiger partial charge on any atom is -0.395 e. The van der Waals surface area contributed by atoms with Gasteiger partial charge in [0, 0.05) is 39.4 Å². The molecule has 6 nitrogen and oxygen atoms in total. The van der Waals surface area contributed by atoms with Crippen LogP contribution in [0.1, 0.15) is 31.9 Å². The highest BCUT2D eigenvalue weighted by atomic mass is 16.3. The molecule has 2 heterocycles. The molecule has 1 aromatic carbocycles. The molecule has 2 aliphatic heterocycles. The predicted molar refractivity (Wildman–Crippen MR) is 94.8 cm³/mol. The molecule has 2 aliphatic rings. The van der Waals surface area contributed by atoms with E-state index < -0.39 is 5.54 Å². The average molecular weight is 345 g/mol. The van der Waals surface area contributed by atoms with Crippen molar-refractivity contribution in [3.05, 3.63) is 35.9 Å². The number of amides is 2. The molecule has 2 N–H and O–H groups in total. The minimum atomic E-state index is -0.467. The number of aliphatic hydroxyl groups excluding tert-OH is 1. The quantitative estimate of drug-likeness (QED) is 0.846. The van der Waals surface area contributed by atoms with Crippen molar-refractivity contribution in [2.75, 3.05) is 32.8 Å². The van der Waals surface area contributed by atoms with E-state index in [9.17, 15) is 14.7 Å². The normalized spacial score (nSPS) is 29.3. The molecule has 25 heavy (non-hydrogen) atoms. The molecule has 0 aromatic heterocycles. The summed E-state index contributed by atoms with van der Waals surface area (Å²) in [5.41, 5.74) is 0.649. The van der Waals surface area contributed by atoms with E-state index >= 15 is 0 Å². The lowest BCUT2D eigenvalue weighted by Gasteiger charge is -2.45. The van der Waals surface area contributed by atoms with E-state index in [1.54, 1.807) is 6.92 Å². The van der Waals surface area contributed by atoms with Crippen LogP contribution in [0.2, 0.25) is 0 Å². The van der Waals surface area contributed by atoms with Gasteiger partial charge in [-0.15, -0.1) is 0 Å². The smallest absolute Gasteiger partial charge is 0.220 e. The van der Waals surface area contributed by atoms with E-state index in [0.717, 1.165) is 18.5 Å². The van der Waals surface area contributed by atoms with Gasteiger partial charge in [-0.2, -0.15) is 0 Å². The zero-order valence-electron chi connectivity index (χ0n) is 14.9. The minimum absolute atomic E-state index is 0.0261. The highest BCUT2D eigenvalue weighted by molar-refractivity contribution is 5.77. The predicted octanol–water partition coefficient (Wildman–Crippen LogP) is 0.779. The van der Waals surface area contributed by atoms with Crippen LogP contribution >= 0.6 is 0 Å². The zero-order valence-corrected chi connectivity index (χ0v) is 14.9. The fourth-order valence-electron chi connectivity index (χ4n) is 4.66. The van der Waals surface area contributed by atoms with Crippen LogP contribution < -0.4 is 5.32 Å². The Balaban J connectivity index is 2.00. The van der Waals surface area contributed by atoms with Crippen LogP contribution in [0.3, 0.4) is 0 Å². The molecule has 3 rings (SSSR count). The SMILES string of the molecule is CC(=O)N[C@@]12CN(CCO)CC[C@@H]1[C@@H](c1ccccc1)N(C(C)=O)C2. The van der Waals surface area contributed by atoms with Crippen LogP contribution in [-0.2, 0) is 9.59 Å². The van der Waals surface area contributed by atoms with Crippen LogP contribution in [0.4, 0.5) is 0 Å². The molecule has 0 unspecified atom stereocenters. The Morgan fingerprint density at radius 1 is 1.24 bits per heavy atom. The lowest BCUT2D eigenvalue weighted by atomic mass is 9.75. The van der Waals surface area contributed by atoms with E-state index in [2.05, 4.69) is 22.3 Å². The summed E-state index contributed by atoms with van der Waals surface area (Å²) in [6.07, 6.45) is 0.879. The molecule has 0 saturated carbocycles. The first kappa shape index (κ1) is 17.9. The molecule has 3 atom stereocenters. The third-order valence-corrected chi connectivity index (χ3v) is 5.53. The summed E-state index contributed by atoms with van der Waals surface area (Å²) in [6.45, 7) is 5.84. The Labute approximate surface area is 148 Å². The van der Waals surface area contributed by atoms with E-state index in [0.29, 0.717) is 19.6 Å². The topological polar surface area (TPSA) is 72.9 Å². The highest BCUT2D eigenvalue weighted by Crippen LogP contribution is 2.47. The Morgan fingerprint density at radius 3 is 2.56 bits per heavy atom. The Hall–Kier alpha value is -1.92. The lowest BCUT2D eigenvalue weighted by Crippen LogP contribution is -2.63. The third-order valence-electron chi connectivity index (χ3n) is 5.53. The summed E-state index contributed by atoms with van der Waals surface area (Å²) in [7, 11) is 0. The second-order valence-electron chi connectivity index (χ2n) is 7.23. The summed E-state index contributed by atoms with van der Waals surface area (Å²) >= 11 is 0. The molecule has 2 saturated heterocycles. The van der Waals surface area contributed by atoms with Gasteiger partial charge in [-0.1, -0.05) is 30.3 Å². The number of aliphatic hydroxyl groups is 1. The third kappa shape index (κ3) is 3.41. The number of hydrogen-bond acceptors (Lipinski definition) is 4. The average Bonchev–Trinajstić information content (AvgIpc) is 2.89. The number of benzene rings is 1. The molecule has 0 bridgehead atoms. The van der Waals surface area contributed by atoms with Gasteiger partial charge in [0.1, 0.15) is 0 Å². The van der Waals surface area contributed by atoms with Crippen LogP contribution in [-0.4, -0.2) is 65.0 Å². The number of nitrogens with zero attached hydrogens (tertiary/aromatic N) is 2. The van der Waals surface area contributed by atoms with Gasteiger partial charge in [-0.25, -0.2) is 0 Å². The monoisotopic (exact) mass is 345 g/mol. The van der Waals surface area contributed by atoms with Gasteiger partial charge in [0.25, 0.3) is 0 Å². The van der Waals surface area contributed by atoms with Gasteiger partial charge < -0.3 is 15.3 Å². The second-order valence-corrected chi connectivity index (χ2v) is 7.23. The van der Waals surface area contributed by atoms with Crippen molar-refractivity contribution < 1.29 is 14.7 Å². The lowest BCUT2D eigenvalue weighted by molar-refractivity contribution is -0.130. The largest absolute Gasteiger partial charge is 0.395 e. The van der Waals surface area contributed by atoms with Crippen LogP contribution in [0.25, 0.3) is 0 Å². The summed E-state index contributed by atoms with van der Waals surface area (Å²) in [5, 5.41) is 12.5. The van der Waals surface area contributed by atoms with Gasteiger partial charge in [-0.3, -0.25) is 14.5 Å². The second kappa shape index (κ2) is 7.14. The van der Waals surface area contributed by atoms with E-state index in [4.69, 9.17) is 0 Å². The molecule has 6 heteroatoms. The highest BCUT2D eigenvalue weighted by Gasteiger charge is 2.56. The number of rotatable bonds is 4. The van der Waals surface area contributed by atoms with Crippen LogP contribution in [0, 0.1) is 5.92 Å². The first-order valence-electron chi connectivity index (χ1n) is 8.91. The molecule has 0 aliphatic carbocycles. The van der Waals surface area contributed by atoms with Crippen molar-refractivity contribution >= 4 is 11.8 Å². The van der Waals surface area contributed by atoms with E-state index in [1.165, 1.54) is 6.92 Å². The molecule has 1 aromatic rings. The van der Waals surface area contributed by atoms with Gasteiger partial charge in [-0.05, 0) is 18.5 Å². The van der Waals surface area contributed by atoms with Crippen molar-refractivity contribution in [2.24, 2.45) is 5.92 Å². The first-order chi connectivity index (χ1) is 12.0. The number of fused-ring (bicyclic) bond motifs is 1. The van der Waals surface area contributed by atoms with Crippen molar-refractivity contribution in [3.63, 3.8) is 0 Å². The molecule has 2 amide bonds. The number of β-amino-alcohol motifs (C(OH)–C–C–N with tert-alkyl or cyclic N) is 1. The van der Waals surface area contributed by atoms with Crippen molar-refractivity contribution in [2.45, 2.75) is 31.8 Å². The van der Waals surface area contributed by atoms with Crippen molar-refractivity contribution in [1.82, 2.24) is 15.1 Å². The fourth-order valence-corrected chi connectivity index (χ4v) is 4.66. The van der Waals surface area contributed by atoms with Crippen LogP contribution in [0.5, 0.6) is 0 Å². The Morgan fingerprint density at radius 2 is 1.96 bits per heavy atom. The number of piperidine rings is 1. The van der Waals surface area contributed by atoms with Gasteiger partial charge >= 0.3 is 0 Å². The molecule has 2 fully saturated rings. The number of likely N-dealkylation sites (tertiary alicyclic amines) is 2. The van der Waals surface area contributed by atoms with Gasteiger partial charge in [0.2, 0.25) is 11.8 Å². The van der Waals surface area contributed by atoms with Crippen LogP contribution in [0.15, 0.2) is 30.3 Å². The maximum absolute atomic E-state index is 12.4. The summed E-state index contributed by atoms with van der Waals surface area (Å²) in [5.74, 6) is 0.118. The molecule has 0 radical (unpaired) electrons. The number of carbonyl (C=O) groups excluding carboxylic acids is 2. The van der Waals surface area contributed by atoms with E-state index in [-0.39, 0.29) is 30.4 Å². The summed E-state index contributed by atoms with van der Waals surface area (Å²) < 4.78 is 0. The van der Waals surface area contributed by atoms with Crippen molar-refractivity contribution in [1.29, 1.82) is 0 Å². The van der Waals surface area contributed by atoms with E-state index in [1.807, 2.05) is 23.1 Å². The number of carbonyl (C=O) groups is 2. The summed E-state index contributed by atoms with van der Waals surface area (Å²) in [4.78, 5) is 28.4. The Bertz CT molecular complexity index is 636. The maximum atomic E-state index is 12.4. The maximum Gasteiger partial charge on any atom is 0.220 e. The first-order valence-corrected chi connectivity index (χ1v) is 8.91. The molecular formula is C19H27N3O3. The molecule has 136 valence electrons. The summed E-state index contributed by atoms with van der Waals surface area (Å²) in [6, 6.07) is 10.1. The number of nitrogens with one attached hydrogen (secondary N) is 1. The standard InChI is InChI=1S/C19H27N3O3/c1-14(24)20-19-12-21(10-11-23)9-8-17(19)18(22(13-19)15(2)25)16-6-4-3-5-7-16/h3-7,17-18,23H,8-13H2,1-2H3,(H,20,24)/t17-,18-,19-/m1/s1. The molecular weight excluding hydrogens is 318 g/mol. The van der Waals surface area contributed by atoms with Crippen molar-refractivity contribution in [3.8, 4) is 0 Å². The van der Waals surface area contributed by atoms with Gasteiger partial charge in [0.15, 0.2) is 0 Å². The number of hydrogen-bond donors (Lipinski definition) is 2. The Kier molecular flexibility index (Phi) is 5.11. The fraction of sp³-hybridized carbons (Fsp3) is 0.579.